The van der Waals surface area contributed by atoms with Gasteiger partial charge in [0.05, 0.1) is 0 Å². The molecule has 1 fully saturated rings. The van der Waals surface area contributed by atoms with E-state index >= 15 is 0 Å². The Morgan fingerprint density at radius 1 is 1.32 bits per heavy atom. The summed E-state index contributed by atoms with van der Waals surface area (Å²) in [5.74, 6) is -1.74. The van der Waals surface area contributed by atoms with Crippen LogP contribution in [-0.4, -0.2) is 58.4 Å². The molecule has 1 amide bonds. The number of carbonyl (C=O) groups is 1. The molecule has 9 heteroatoms. The minimum absolute atomic E-state index is 0.00583. The number of aliphatic hydroxyl groups is 3. The zero-order valence-electron chi connectivity index (χ0n) is 14.0. The molecule has 0 unspecified atom stereocenters. The Morgan fingerprint density at radius 3 is 2.52 bits per heavy atom. The Labute approximate surface area is 144 Å². The van der Waals surface area contributed by atoms with Gasteiger partial charge in [-0.25, -0.2) is 4.79 Å². The first-order valence-corrected chi connectivity index (χ1v) is 7.83. The molecule has 0 radical (unpaired) electrons. The summed E-state index contributed by atoms with van der Waals surface area (Å²) in [6, 6.07) is 6.34. The fourth-order valence-corrected chi connectivity index (χ4v) is 2.55. The van der Waals surface area contributed by atoms with E-state index < -0.39 is 36.5 Å². The lowest BCUT2D eigenvalue weighted by atomic mass is 9.95. The number of nitrogens with two attached hydrogens (primary N) is 1. The van der Waals surface area contributed by atoms with E-state index in [-0.39, 0.29) is 19.0 Å². The van der Waals surface area contributed by atoms with Crippen molar-refractivity contribution in [2.45, 2.75) is 50.8 Å². The van der Waals surface area contributed by atoms with Crippen molar-refractivity contribution >= 4 is 6.09 Å². The first-order chi connectivity index (χ1) is 11.8. The highest BCUT2D eigenvalue weighted by molar-refractivity contribution is 5.64. The van der Waals surface area contributed by atoms with E-state index in [2.05, 4.69) is 4.74 Å². The van der Waals surface area contributed by atoms with Crippen LogP contribution in [0.25, 0.3) is 0 Å². The van der Waals surface area contributed by atoms with E-state index in [1.165, 1.54) is 6.92 Å². The number of aliphatic hydroxyl groups excluding tert-OH is 2. The largest absolute Gasteiger partial charge is 0.457 e. The standard InChI is InChI=1S/C16H23NO8/c1-3-22-13-12(18)14(19)24-9(2)16(13,21)25-11-6-4-10(5-7-11)8-23-15(17)20/h4-7,9,12-14,18-19,21H,3,8H2,1-2H3,(H2,17,20)/t9-,12+,13-,14+,16+/m0/s1. The van der Waals surface area contributed by atoms with Crippen LogP contribution >= 0.6 is 0 Å². The van der Waals surface area contributed by atoms with Gasteiger partial charge in [0.25, 0.3) is 5.79 Å². The normalized spacial score (nSPS) is 32.2. The SMILES string of the molecule is CCO[C@H]1[C@@H](O)[C@H](O)O[C@@H](C)[C@@]1(O)Oc1ccc(COC(N)=O)cc1. The topological polar surface area (TPSA) is 141 Å². The maximum atomic E-state index is 10.9. The fourth-order valence-electron chi connectivity index (χ4n) is 2.55. The molecule has 0 bridgehead atoms. The first kappa shape index (κ1) is 19.4. The average Bonchev–Trinajstić information content (AvgIpc) is 2.57. The van der Waals surface area contributed by atoms with E-state index in [0.717, 1.165) is 0 Å². The first-order valence-electron chi connectivity index (χ1n) is 7.83. The molecule has 0 spiro atoms. The van der Waals surface area contributed by atoms with E-state index in [4.69, 9.17) is 19.9 Å². The molecule has 5 atom stereocenters. The van der Waals surface area contributed by atoms with Crippen LogP contribution in [0.5, 0.6) is 5.75 Å². The Kier molecular flexibility index (Phi) is 6.20. The lowest BCUT2D eigenvalue weighted by Crippen LogP contribution is -2.68. The van der Waals surface area contributed by atoms with Crippen LogP contribution in [0, 0.1) is 0 Å². The van der Waals surface area contributed by atoms with Crippen LogP contribution < -0.4 is 10.5 Å². The average molecular weight is 357 g/mol. The lowest BCUT2D eigenvalue weighted by Gasteiger charge is -2.47. The highest BCUT2D eigenvalue weighted by atomic mass is 16.7. The number of carbonyl (C=O) groups excluding carboxylic acids is 1. The minimum Gasteiger partial charge on any atom is -0.457 e. The number of benzene rings is 1. The summed E-state index contributed by atoms with van der Waals surface area (Å²) in [5, 5.41) is 30.7. The van der Waals surface area contributed by atoms with Gasteiger partial charge in [-0.1, -0.05) is 12.1 Å². The van der Waals surface area contributed by atoms with Crippen molar-refractivity contribution in [1.29, 1.82) is 0 Å². The monoisotopic (exact) mass is 357 g/mol. The summed E-state index contributed by atoms with van der Waals surface area (Å²) in [6.07, 6.45) is -6.04. The maximum Gasteiger partial charge on any atom is 0.404 e. The molecule has 5 N–H and O–H groups in total. The van der Waals surface area contributed by atoms with Crippen LogP contribution in [0.4, 0.5) is 4.79 Å². The Hall–Kier alpha value is -1.91. The molecule has 1 aliphatic rings. The quantitative estimate of drug-likeness (QED) is 0.515. The van der Waals surface area contributed by atoms with Gasteiger partial charge in [0.2, 0.25) is 0 Å². The fraction of sp³-hybridized carbons (Fsp3) is 0.562. The van der Waals surface area contributed by atoms with E-state index in [1.807, 2.05) is 0 Å². The van der Waals surface area contributed by atoms with E-state index in [9.17, 15) is 20.1 Å². The Bertz CT molecular complexity index is 580. The highest BCUT2D eigenvalue weighted by Crippen LogP contribution is 2.33. The molecule has 25 heavy (non-hydrogen) atoms. The van der Waals surface area contributed by atoms with E-state index in [1.54, 1.807) is 31.2 Å². The maximum absolute atomic E-state index is 10.9. The van der Waals surface area contributed by atoms with Crippen LogP contribution in [0.2, 0.25) is 0 Å². The number of ether oxygens (including phenoxy) is 4. The summed E-state index contributed by atoms with van der Waals surface area (Å²) in [5.41, 5.74) is 5.57. The highest BCUT2D eigenvalue weighted by Gasteiger charge is 2.56. The molecule has 0 aliphatic carbocycles. The lowest BCUT2D eigenvalue weighted by molar-refractivity contribution is -0.369. The zero-order chi connectivity index (χ0) is 18.6. The number of primary amides is 1. The van der Waals surface area contributed by atoms with Crippen molar-refractivity contribution in [3.05, 3.63) is 29.8 Å². The van der Waals surface area contributed by atoms with Gasteiger partial charge < -0.3 is 40.0 Å². The zero-order valence-corrected chi connectivity index (χ0v) is 14.0. The third-order valence-electron chi connectivity index (χ3n) is 3.87. The molecule has 140 valence electrons. The van der Waals surface area contributed by atoms with Crippen molar-refractivity contribution in [3.63, 3.8) is 0 Å². The number of rotatable bonds is 6. The van der Waals surface area contributed by atoms with Crippen LogP contribution in [0.3, 0.4) is 0 Å². The molecule has 1 aromatic rings. The Morgan fingerprint density at radius 2 is 1.96 bits per heavy atom. The molecule has 1 heterocycles. The van der Waals surface area contributed by atoms with Gasteiger partial charge in [-0.2, -0.15) is 0 Å². The van der Waals surface area contributed by atoms with Gasteiger partial charge in [0.1, 0.15) is 24.6 Å². The molecule has 2 rings (SSSR count). The second kappa shape index (κ2) is 7.98. The van der Waals surface area contributed by atoms with Crippen LogP contribution in [-0.2, 0) is 20.8 Å². The van der Waals surface area contributed by atoms with Crippen LogP contribution in [0.1, 0.15) is 19.4 Å². The molecule has 0 aromatic heterocycles. The van der Waals surface area contributed by atoms with Crippen LogP contribution in [0.15, 0.2) is 24.3 Å². The second-order valence-corrected chi connectivity index (χ2v) is 5.64. The van der Waals surface area contributed by atoms with Gasteiger partial charge >= 0.3 is 6.09 Å². The van der Waals surface area contributed by atoms with Gasteiger partial charge in [-0.3, -0.25) is 0 Å². The summed E-state index contributed by atoms with van der Waals surface area (Å²) in [6.45, 7) is 3.38. The summed E-state index contributed by atoms with van der Waals surface area (Å²) < 4.78 is 20.8. The molecular weight excluding hydrogens is 334 g/mol. The number of amides is 1. The molecule has 1 aromatic carbocycles. The summed E-state index contributed by atoms with van der Waals surface area (Å²) in [7, 11) is 0. The van der Waals surface area contributed by atoms with Crippen molar-refractivity contribution in [3.8, 4) is 5.75 Å². The van der Waals surface area contributed by atoms with Crippen molar-refractivity contribution in [2.75, 3.05) is 6.61 Å². The number of hydrogen-bond donors (Lipinski definition) is 4. The van der Waals surface area contributed by atoms with Gasteiger partial charge in [0, 0.05) is 6.61 Å². The van der Waals surface area contributed by atoms with Gasteiger partial charge in [-0.15, -0.1) is 0 Å². The molecule has 0 saturated carbocycles. The van der Waals surface area contributed by atoms with Crippen molar-refractivity contribution in [2.24, 2.45) is 5.73 Å². The minimum atomic E-state index is -2.01. The second-order valence-electron chi connectivity index (χ2n) is 5.64. The van der Waals surface area contributed by atoms with E-state index in [0.29, 0.717) is 5.56 Å². The van der Waals surface area contributed by atoms with Gasteiger partial charge in [0.15, 0.2) is 12.4 Å². The predicted octanol–water partition coefficient (Wildman–Crippen LogP) is -0.148. The summed E-state index contributed by atoms with van der Waals surface area (Å²) in [4.78, 5) is 10.6. The van der Waals surface area contributed by atoms with Crippen molar-refractivity contribution in [1.82, 2.24) is 0 Å². The predicted molar refractivity (Wildman–Crippen MR) is 84.4 cm³/mol. The summed E-state index contributed by atoms with van der Waals surface area (Å²) >= 11 is 0. The van der Waals surface area contributed by atoms with Crippen molar-refractivity contribution < 1.29 is 39.1 Å². The van der Waals surface area contributed by atoms with Gasteiger partial charge in [-0.05, 0) is 31.5 Å². The smallest absolute Gasteiger partial charge is 0.404 e. The Balaban J connectivity index is 2.15. The molecule has 1 aliphatic heterocycles. The molecular formula is C16H23NO8. The third-order valence-corrected chi connectivity index (χ3v) is 3.87. The third kappa shape index (κ3) is 4.39. The molecule has 9 nitrogen and oxygen atoms in total. The molecule has 1 saturated heterocycles. The number of hydrogen-bond acceptors (Lipinski definition) is 8.